The lowest BCUT2D eigenvalue weighted by Crippen LogP contribution is -2.28. The lowest BCUT2D eigenvalue weighted by Gasteiger charge is -2.17. The predicted molar refractivity (Wildman–Crippen MR) is 82.3 cm³/mol. The molecular weight excluding hydrogens is 308 g/mol. The van der Waals surface area contributed by atoms with Gasteiger partial charge in [-0.3, -0.25) is 4.79 Å². The summed E-state index contributed by atoms with van der Waals surface area (Å²) in [4.78, 5) is 15.1. The van der Waals surface area contributed by atoms with Crippen molar-refractivity contribution < 1.29 is 13.2 Å². The summed E-state index contributed by atoms with van der Waals surface area (Å²) >= 11 is 1.42. The van der Waals surface area contributed by atoms with Crippen molar-refractivity contribution >= 4 is 33.0 Å². The summed E-state index contributed by atoms with van der Waals surface area (Å²) in [5.74, 6) is -0.0374. The second-order valence-corrected chi connectivity index (χ2v) is 7.45. The number of thiophene rings is 1. The van der Waals surface area contributed by atoms with Crippen LogP contribution in [-0.2, 0) is 16.4 Å². The van der Waals surface area contributed by atoms with Crippen molar-refractivity contribution in [3.8, 4) is 0 Å². The molecule has 1 aliphatic rings. The molecule has 1 amide bonds. The molecule has 1 aliphatic heterocycles. The van der Waals surface area contributed by atoms with Gasteiger partial charge in [-0.05, 0) is 54.1 Å². The van der Waals surface area contributed by atoms with Gasteiger partial charge in [0.15, 0.2) is 0 Å². The van der Waals surface area contributed by atoms with Gasteiger partial charge in [-0.25, -0.2) is 13.6 Å². The molecule has 2 aromatic rings. The quantitative estimate of drug-likeness (QED) is 0.917. The number of nitrogens with two attached hydrogens (primary N) is 1. The Morgan fingerprint density at radius 3 is 2.71 bits per heavy atom. The minimum Gasteiger partial charge on any atom is -0.307 e. The Labute approximate surface area is 127 Å². The first-order valence-corrected chi connectivity index (χ1v) is 8.82. The number of primary sulfonamides is 1. The number of fused-ring (bicyclic) bond motifs is 1. The van der Waals surface area contributed by atoms with E-state index in [-0.39, 0.29) is 10.8 Å². The van der Waals surface area contributed by atoms with Crippen LogP contribution in [0.3, 0.4) is 0 Å². The summed E-state index contributed by atoms with van der Waals surface area (Å²) < 4.78 is 22.8. The SMILES string of the molecule is Cc1ccsc1C(=O)N1CCc2cc(S(N)(=O)=O)ccc21. The van der Waals surface area contributed by atoms with Crippen molar-refractivity contribution in [1.29, 1.82) is 0 Å². The third kappa shape index (κ3) is 2.48. The Morgan fingerprint density at radius 2 is 2.10 bits per heavy atom. The van der Waals surface area contributed by atoms with Gasteiger partial charge < -0.3 is 4.90 Å². The first-order valence-electron chi connectivity index (χ1n) is 6.39. The van der Waals surface area contributed by atoms with E-state index in [1.54, 1.807) is 17.0 Å². The highest BCUT2D eigenvalue weighted by Gasteiger charge is 2.28. The standard InChI is InChI=1S/C14H14N2O3S2/c1-9-5-7-20-13(9)14(17)16-6-4-10-8-11(21(15,18)19)2-3-12(10)16/h2-3,5,7-8H,4,6H2,1H3,(H2,15,18,19). The zero-order chi connectivity index (χ0) is 15.2. The van der Waals surface area contributed by atoms with Crippen molar-refractivity contribution in [1.82, 2.24) is 0 Å². The molecule has 7 heteroatoms. The minimum absolute atomic E-state index is 0.0374. The first kappa shape index (κ1) is 14.2. The van der Waals surface area contributed by atoms with Gasteiger partial charge >= 0.3 is 0 Å². The molecule has 5 nitrogen and oxygen atoms in total. The maximum Gasteiger partial charge on any atom is 0.268 e. The van der Waals surface area contributed by atoms with E-state index in [2.05, 4.69) is 0 Å². The number of anilines is 1. The Bertz CT molecular complexity index is 824. The molecule has 0 unspecified atom stereocenters. The van der Waals surface area contributed by atoms with Crippen LogP contribution in [0.2, 0.25) is 0 Å². The normalized spacial score (nSPS) is 14.3. The van der Waals surface area contributed by atoms with Crippen LogP contribution < -0.4 is 10.0 Å². The van der Waals surface area contributed by atoms with Gasteiger partial charge in [0, 0.05) is 12.2 Å². The fraction of sp³-hybridized carbons (Fsp3) is 0.214. The number of carbonyl (C=O) groups is 1. The molecule has 0 saturated heterocycles. The van der Waals surface area contributed by atoms with Gasteiger partial charge in [-0.15, -0.1) is 11.3 Å². The summed E-state index contributed by atoms with van der Waals surface area (Å²) in [6.07, 6.45) is 0.634. The van der Waals surface area contributed by atoms with Gasteiger partial charge in [-0.1, -0.05) is 0 Å². The van der Waals surface area contributed by atoms with E-state index in [0.29, 0.717) is 13.0 Å². The van der Waals surface area contributed by atoms with Crippen LogP contribution in [0.1, 0.15) is 20.8 Å². The highest BCUT2D eigenvalue weighted by molar-refractivity contribution is 7.89. The summed E-state index contributed by atoms with van der Waals surface area (Å²) in [7, 11) is -3.71. The van der Waals surface area contributed by atoms with Gasteiger partial charge in [-0.2, -0.15) is 0 Å². The van der Waals surface area contributed by atoms with Crippen molar-refractivity contribution in [3.63, 3.8) is 0 Å². The zero-order valence-electron chi connectivity index (χ0n) is 11.4. The number of rotatable bonds is 2. The lowest BCUT2D eigenvalue weighted by molar-refractivity contribution is 0.0992. The average molecular weight is 322 g/mol. The molecule has 1 aromatic carbocycles. The molecule has 0 radical (unpaired) electrons. The fourth-order valence-electron chi connectivity index (χ4n) is 2.48. The third-order valence-corrected chi connectivity index (χ3v) is 5.49. The van der Waals surface area contributed by atoms with E-state index in [1.165, 1.54) is 17.4 Å². The van der Waals surface area contributed by atoms with Crippen molar-refractivity contribution in [2.24, 2.45) is 5.14 Å². The van der Waals surface area contributed by atoms with Crippen LogP contribution in [0, 0.1) is 6.92 Å². The number of sulfonamides is 1. The molecule has 110 valence electrons. The zero-order valence-corrected chi connectivity index (χ0v) is 13.0. The van der Waals surface area contributed by atoms with E-state index in [0.717, 1.165) is 21.7 Å². The van der Waals surface area contributed by atoms with Gasteiger partial charge in [0.05, 0.1) is 9.77 Å². The van der Waals surface area contributed by atoms with E-state index in [4.69, 9.17) is 5.14 Å². The molecule has 0 saturated carbocycles. The van der Waals surface area contributed by atoms with E-state index in [9.17, 15) is 13.2 Å². The minimum atomic E-state index is -3.71. The Morgan fingerprint density at radius 1 is 1.33 bits per heavy atom. The largest absolute Gasteiger partial charge is 0.307 e. The van der Waals surface area contributed by atoms with Crippen LogP contribution >= 0.6 is 11.3 Å². The van der Waals surface area contributed by atoms with Crippen molar-refractivity contribution in [2.75, 3.05) is 11.4 Å². The van der Waals surface area contributed by atoms with Crippen LogP contribution in [0.5, 0.6) is 0 Å². The predicted octanol–water partition coefficient (Wildman–Crippen LogP) is 1.91. The highest BCUT2D eigenvalue weighted by atomic mass is 32.2. The number of hydrogen-bond acceptors (Lipinski definition) is 4. The average Bonchev–Trinajstić information content (AvgIpc) is 3.02. The van der Waals surface area contributed by atoms with E-state index >= 15 is 0 Å². The number of nitrogens with zero attached hydrogens (tertiary/aromatic N) is 1. The molecule has 0 fully saturated rings. The summed E-state index contributed by atoms with van der Waals surface area (Å²) in [5.41, 5.74) is 2.56. The van der Waals surface area contributed by atoms with Gasteiger partial charge in [0.2, 0.25) is 10.0 Å². The molecule has 0 aliphatic carbocycles. The monoisotopic (exact) mass is 322 g/mol. The van der Waals surface area contributed by atoms with E-state index in [1.807, 2.05) is 18.4 Å². The Kier molecular flexibility index (Phi) is 3.35. The molecule has 21 heavy (non-hydrogen) atoms. The molecule has 3 rings (SSSR count). The summed E-state index contributed by atoms with van der Waals surface area (Å²) in [5, 5.41) is 7.03. The molecule has 2 heterocycles. The van der Waals surface area contributed by atoms with Gasteiger partial charge in [0.25, 0.3) is 5.91 Å². The van der Waals surface area contributed by atoms with Crippen molar-refractivity contribution in [3.05, 3.63) is 45.6 Å². The van der Waals surface area contributed by atoms with E-state index < -0.39 is 10.0 Å². The molecule has 2 N–H and O–H groups in total. The Hall–Kier alpha value is -1.70. The number of hydrogen-bond donors (Lipinski definition) is 1. The number of carbonyl (C=O) groups excluding carboxylic acids is 1. The van der Waals surface area contributed by atoms with Crippen molar-refractivity contribution in [2.45, 2.75) is 18.2 Å². The van der Waals surface area contributed by atoms with Crippen LogP contribution in [-0.4, -0.2) is 20.9 Å². The third-order valence-electron chi connectivity index (χ3n) is 3.58. The van der Waals surface area contributed by atoms with Gasteiger partial charge in [0.1, 0.15) is 0 Å². The molecule has 0 spiro atoms. The molecule has 1 aromatic heterocycles. The second kappa shape index (κ2) is 4.94. The summed E-state index contributed by atoms with van der Waals surface area (Å²) in [6, 6.07) is 6.57. The maximum atomic E-state index is 12.6. The number of benzene rings is 1. The molecular formula is C14H14N2O3S2. The number of aryl methyl sites for hydroxylation is 1. The van der Waals surface area contributed by atoms with Crippen LogP contribution in [0.4, 0.5) is 5.69 Å². The Balaban J connectivity index is 1.98. The van der Waals surface area contributed by atoms with Crippen LogP contribution in [0.15, 0.2) is 34.5 Å². The first-order chi connectivity index (χ1) is 9.88. The number of amides is 1. The topological polar surface area (TPSA) is 80.5 Å². The smallest absolute Gasteiger partial charge is 0.268 e. The fourth-order valence-corrected chi connectivity index (χ4v) is 3.92. The highest BCUT2D eigenvalue weighted by Crippen LogP contribution is 2.32. The lowest BCUT2D eigenvalue weighted by atomic mass is 10.2. The van der Waals surface area contributed by atoms with Crippen LogP contribution in [0.25, 0.3) is 0 Å². The summed E-state index contributed by atoms with van der Waals surface area (Å²) in [6.45, 7) is 2.46. The molecule has 0 atom stereocenters. The maximum absolute atomic E-state index is 12.6. The molecule has 0 bridgehead atoms. The second-order valence-electron chi connectivity index (χ2n) is 4.98.